The molecule has 0 fully saturated rings. The monoisotopic (exact) mass is 169 g/mol. The van der Waals surface area contributed by atoms with Crippen LogP contribution < -0.4 is 0 Å². The van der Waals surface area contributed by atoms with E-state index in [4.69, 9.17) is 0 Å². The molecule has 11 heavy (non-hydrogen) atoms. The van der Waals surface area contributed by atoms with Crippen molar-refractivity contribution in [2.45, 2.75) is 26.1 Å². The number of rotatable bonds is 1. The fourth-order valence-corrected chi connectivity index (χ4v) is 0.434. The Morgan fingerprint density at radius 1 is 1.36 bits per heavy atom. The molecule has 0 unspecified atom stereocenters. The smallest absolute Gasteiger partial charge is 0.336 e. The summed E-state index contributed by atoms with van der Waals surface area (Å²) in [4.78, 5) is 11.1. The molecule has 0 N–H and O–H groups in total. The lowest BCUT2D eigenvalue weighted by Gasteiger charge is -2.22. The van der Waals surface area contributed by atoms with Crippen molar-refractivity contribution < 1.29 is 18.0 Å². The Morgan fingerprint density at radius 3 is 1.82 bits per heavy atom. The largest absolute Gasteiger partial charge is 0.471 e. The molecule has 5 heteroatoms. The first-order chi connectivity index (χ1) is 4.76. The second-order valence-corrected chi connectivity index (χ2v) is 2.51. The van der Waals surface area contributed by atoms with Gasteiger partial charge in [-0.2, -0.15) is 13.2 Å². The molecule has 0 aliphatic heterocycles. The molecule has 0 aromatic carbocycles. The quantitative estimate of drug-likeness (QED) is 0.581. The molecule has 0 atom stereocenters. The molecule has 1 amide bonds. The lowest BCUT2D eigenvalue weighted by atomic mass is 10.3. The lowest BCUT2D eigenvalue weighted by Crippen LogP contribution is -2.42. The van der Waals surface area contributed by atoms with Gasteiger partial charge in [-0.3, -0.25) is 4.79 Å². The van der Waals surface area contributed by atoms with E-state index < -0.39 is 18.1 Å². The Bertz CT molecular complexity index is 152. The van der Waals surface area contributed by atoms with E-state index in [-0.39, 0.29) is 0 Å². The van der Waals surface area contributed by atoms with Crippen LogP contribution in [0.25, 0.3) is 0 Å². The van der Waals surface area contributed by atoms with E-state index in [9.17, 15) is 18.0 Å². The summed E-state index contributed by atoms with van der Waals surface area (Å²) >= 11 is 0. The zero-order valence-electron chi connectivity index (χ0n) is 6.57. The maximum absolute atomic E-state index is 11.7. The molecule has 0 spiro atoms. The third-order valence-electron chi connectivity index (χ3n) is 1.34. The minimum atomic E-state index is -4.75. The molecule has 66 valence electrons. The van der Waals surface area contributed by atoms with Gasteiger partial charge in [0, 0.05) is 13.1 Å². The van der Waals surface area contributed by atoms with Gasteiger partial charge in [0.15, 0.2) is 0 Å². The van der Waals surface area contributed by atoms with Gasteiger partial charge in [0.1, 0.15) is 0 Å². The topological polar surface area (TPSA) is 20.3 Å². The van der Waals surface area contributed by atoms with E-state index in [0.717, 1.165) is 7.05 Å². The standard InChI is InChI=1S/C6H10F3NO/c1-4(2)10(3)5(11)6(7,8)9/h4H,1-3H3. The van der Waals surface area contributed by atoms with E-state index in [1.807, 2.05) is 0 Å². The maximum Gasteiger partial charge on any atom is 0.471 e. The first-order valence-electron chi connectivity index (χ1n) is 3.10. The average molecular weight is 169 g/mol. The molecule has 0 rings (SSSR count). The Hall–Kier alpha value is -0.740. The van der Waals surface area contributed by atoms with Crippen LogP contribution in [0.1, 0.15) is 13.8 Å². The van der Waals surface area contributed by atoms with Crippen LogP contribution in [0.15, 0.2) is 0 Å². The van der Waals surface area contributed by atoms with Crippen LogP contribution in [0.5, 0.6) is 0 Å². The number of alkyl halides is 3. The van der Waals surface area contributed by atoms with E-state index in [1.165, 1.54) is 13.8 Å². The number of carbonyl (C=O) groups is 1. The Morgan fingerprint density at radius 2 is 1.73 bits per heavy atom. The fourth-order valence-electron chi connectivity index (χ4n) is 0.434. The van der Waals surface area contributed by atoms with Crippen molar-refractivity contribution in [1.82, 2.24) is 4.90 Å². The number of hydrogen-bond donors (Lipinski definition) is 0. The summed E-state index contributed by atoms with van der Waals surface area (Å²) in [6.07, 6.45) is -4.75. The number of nitrogens with zero attached hydrogens (tertiary/aromatic N) is 1. The molecule has 0 aromatic heterocycles. The summed E-state index contributed by atoms with van der Waals surface area (Å²) in [6, 6.07) is -0.427. The maximum atomic E-state index is 11.7. The average Bonchev–Trinajstić information content (AvgIpc) is 1.82. The van der Waals surface area contributed by atoms with Gasteiger partial charge in [-0.05, 0) is 13.8 Å². The van der Waals surface area contributed by atoms with E-state index in [1.54, 1.807) is 0 Å². The van der Waals surface area contributed by atoms with Crippen molar-refractivity contribution in [3.8, 4) is 0 Å². The predicted octanol–water partition coefficient (Wildman–Crippen LogP) is 1.42. The molecule has 0 aliphatic rings. The summed E-state index contributed by atoms with van der Waals surface area (Å²) in [5, 5.41) is 0. The third kappa shape index (κ3) is 2.78. The number of carbonyl (C=O) groups excluding carboxylic acids is 1. The fraction of sp³-hybridized carbons (Fsp3) is 0.833. The second-order valence-electron chi connectivity index (χ2n) is 2.51. The van der Waals surface area contributed by atoms with Crippen LogP contribution in [-0.2, 0) is 4.79 Å². The van der Waals surface area contributed by atoms with E-state index in [2.05, 4.69) is 0 Å². The highest BCUT2D eigenvalue weighted by Crippen LogP contribution is 2.18. The third-order valence-corrected chi connectivity index (χ3v) is 1.34. The molecule has 0 bridgehead atoms. The van der Waals surface area contributed by atoms with E-state index in [0.29, 0.717) is 4.90 Å². The molecule has 0 heterocycles. The molecule has 0 radical (unpaired) electrons. The Balaban J connectivity index is 4.26. The normalized spacial score (nSPS) is 11.9. The molecular weight excluding hydrogens is 159 g/mol. The van der Waals surface area contributed by atoms with Crippen LogP contribution in [-0.4, -0.2) is 30.1 Å². The van der Waals surface area contributed by atoms with Crippen LogP contribution in [0, 0.1) is 0 Å². The highest BCUT2D eigenvalue weighted by molar-refractivity contribution is 5.81. The molecule has 0 saturated carbocycles. The van der Waals surface area contributed by atoms with Crippen molar-refractivity contribution in [1.29, 1.82) is 0 Å². The van der Waals surface area contributed by atoms with Gasteiger partial charge in [0.25, 0.3) is 0 Å². The summed E-state index contributed by atoms with van der Waals surface area (Å²) in [5.41, 5.74) is 0. The number of amides is 1. The van der Waals surface area contributed by atoms with Gasteiger partial charge in [0.2, 0.25) is 0 Å². The van der Waals surface area contributed by atoms with Crippen molar-refractivity contribution >= 4 is 5.91 Å². The van der Waals surface area contributed by atoms with Gasteiger partial charge in [-0.25, -0.2) is 0 Å². The van der Waals surface area contributed by atoms with Crippen LogP contribution in [0.2, 0.25) is 0 Å². The molecule has 0 aliphatic carbocycles. The van der Waals surface area contributed by atoms with Crippen molar-refractivity contribution in [2.75, 3.05) is 7.05 Å². The highest BCUT2D eigenvalue weighted by Gasteiger charge is 2.41. The molecule has 0 aromatic rings. The summed E-state index contributed by atoms with van der Waals surface area (Å²) in [7, 11) is 1.13. The zero-order valence-corrected chi connectivity index (χ0v) is 6.57. The second kappa shape index (κ2) is 3.11. The van der Waals surface area contributed by atoms with Gasteiger partial charge < -0.3 is 4.90 Å². The SMILES string of the molecule is CC(C)N(C)C(=O)C(F)(F)F. The summed E-state index contributed by atoms with van der Waals surface area (Å²) < 4.78 is 35.0. The number of halogens is 3. The van der Waals surface area contributed by atoms with Gasteiger partial charge in [-0.15, -0.1) is 0 Å². The van der Waals surface area contributed by atoms with Crippen molar-refractivity contribution in [2.24, 2.45) is 0 Å². The molecular formula is C6H10F3NO. The van der Waals surface area contributed by atoms with Crippen molar-refractivity contribution in [3.63, 3.8) is 0 Å². The van der Waals surface area contributed by atoms with Crippen LogP contribution in [0.3, 0.4) is 0 Å². The zero-order chi connectivity index (χ0) is 9.23. The predicted molar refractivity (Wildman–Crippen MR) is 34.0 cm³/mol. The minimum absolute atomic E-state index is 0.427. The first kappa shape index (κ1) is 10.3. The van der Waals surface area contributed by atoms with Crippen LogP contribution in [0.4, 0.5) is 13.2 Å². The van der Waals surface area contributed by atoms with E-state index >= 15 is 0 Å². The number of hydrogen-bond acceptors (Lipinski definition) is 1. The van der Waals surface area contributed by atoms with Gasteiger partial charge in [0.05, 0.1) is 0 Å². The van der Waals surface area contributed by atoms with Gasteiger partial charge >= 0.3 is 12.1 Å². The summed E-state index contributed by atoms with van der Waals surface area (Å²) in [6.45, 7) is 3.04. The Kier molecular flexibility index (Phi) is 2.90. The Labute approximate surface area is 63.0 Å². The highest BCUT2D eigenvalue weighted by atomic mass is 19.4. The molecule has 2 nitrogen and oxygen atoms in total. The van der Waals surface area contributed by atoms with Gasteiger partial charge in [-0.1, -0.05) is 0 Å². The van der Waals surface area contributed by atoms with Crippen LogP contribution >= 0.6 is 0 Å². The first-order valence-corrected chi connectivity index (χ1v) is 3.10. The molecule has 0 saturated heterocycles. The van der Waals surface area contributed by atoms with Crippen molar-refractivity contribution in [3.05, 3.63) is 0 Å². The minimum Gasteiger partial charge on any atom is -0.336 e. The summed E-state index contributed by atoms with van der Waals surface area (Å²) in [5.74, 6) is -1.80. The lowest BCUT2D eigenvalue weighted by molar-refractivity contribution is -0.185.